The minimum Gasteiger partial charge on any atom is -0.482 e. The lowest BCUT2D eigenvalue weighted by Gasteiger charge is -2.30. The molecule has 1 amide bonds. The van der Waals surface area contributed by atoms with Crippen molar-refractivity contribution < 1.29 is 23.5 Å². The molecule has 7 nitrogen and oxygen atoms in total. The van der Waals surface area contributed by atoms with Crippen LogP contribution in [-0.4, -0.2) is 30.6 Å². The van der Waals surface area contributed by atoms with Gasteiger partial charge in [0, 0.05) is 23.1 Å². The lowest BCUT2D eigenvalue weighted by atomic mass is 9.86. The summed E-state index contributed by atoms with van der Waals surface area (Å²) in [5.74, 6) is -0.0833. The molecule has 0 aliphatic heterocycles. The van der Waals surface area contributed by atoms with Gasteiger partial charge in [-0.15, -0.1) is 0 Å². The van der Waals surface area contributed by atoms with Crippen molar-refractivity contribution in [3.8, 4) is 5.75 Å². The molecule has 1 heterocycles. The summed E-state index contributed by atoms with van der Waals surface area (Å²) >= 11 is 0. The van der Waals surface area contributed by atoms with Gasteiger partial charge in [-0.05, 0) is 62.6 Å². The molecule has 2 aliphatic rings. The normalized spacial score (nSPS) is 21.4. The summed E-state index contributed by atoms with van der Waals surface area (Å²) in [5, 5.41) is 3.90. The minimum atomic E-state index is -0.887. The average molecular weight is 427 g/mol. The van der Waals surface area contributed by atoms with Crippen molar-refractivity contribution in [2.45, 2.75) is 70.9 Å². The zero-order chi connectivity index (χ0) is 22.0. The van der Waals surface area contributed by atoms with E-state index in [1.807, 2.05) is 6.07 Å². The predicted molar refractivity (Wildman–Crippen MR) is 115 cm³/mol. The Balaban J connectivity index is 1.32. The second kappa shape index (κ2) is 9.12. The van der Waals surface area contributed by atoms with Crippen LogP contribution >= 0.6 is 0 Å². The second-order valence-electron chi connectivity index (χ2n) is 8.66. The summed E-state index contributed by atoms with van der Waals surface area (Å²) in [5.41, 5.74) is 1.96. The highest BCUT2D eigenvalue weighted by Gasteiger charge is 2.26. The number of hydrogen-bond acceptors (Lipinski definition) is 6. The fourth-order valence-electron chi connectivity index (χ4n) is 4.61. The second-order valence-corrected chi connectivity index (χ2v) is 8.66. The van der Waals surface area contributed by atoms with E-state index in [1.165, 1.54) is 6.42 Å². The number of fused-ring (bicyclic) bond motifs is 3. The molecule has 166 valence electrons. The lowest BCUT2D eigenvalue weighted by Crippen LogP contribution is -2.46. The maximum absolute atomic E-state index is 12.4. The maximum Gasteiger partial charge on any atom is 0.344 e. The molecule has 0 radical (unpaired) electrons. The van der Waals surface area contributed by atoms with E-state index in [0.717, 1.165) is 55.0 Å². The molecule has 1 fully saturated rings. The van der Waals surface area contributed by atoms with Crippen molar-refractivity contribution in [2.75, 3.05) is 6.61 Å². The molecule has 1 aromatic heterocycles. The highest BCUT2D eigenvalue weighted by Crippen LogP contribution is 2.29. The number of hydrogen-bond donors (Lipinski definition) is 1. The van der Waals surface area contributed by atoms with Gasteiger partial charge in [-0.2, -0.15) is 0 Å². The third-order valence-electron chi connectivity index (χ3n) is 6.42. The van der Waals surface area contributed by atoms with Gasteiger partial charge in [0.05, 0.1) is 0 Å². The Morgan fingerprint density at radius 3 is 2.74 bits per heavy atom. The fourth-order valence-corrected chi connectivity index (χ4v) is 4.61. The van der Waals surface area contributed by atoms with Crippen LogP contribution < -0.4 is 15.7 Å². The number of esters is 1. The van der Waals surface area contributed by atoms with E-state index >= 15 is 0 Å². The van der Waals surface area contributed by atoms with Gasteiger partial charge in [0.1, 0.15) is 11.3 Å². The Morgan fingerprint density at radius 1 is 1.16 bits per heavy atom. The summed E-state index contributed by atoms with van der Waals surface area (Å²) in [6, 6.07) is 5.34. The van der Waals surface area contributed by atoms with Gasteiger partial charge in [-0.25, -0.2) is 9.59 Å². The summed E-state index contributed by atoms with van der Waals surface area (Å²) in [4.78, 5) is 36.7. The van der Waals surface area contributed by atoms with Crippen molar-refractivity contribution >= 4 is 22.8 Å². The number of benzene rings is 1. The van der Waals surface area contributed by atoms with Crippen LogP contribution in [0.25, 0.3) is 11.0 Å². The van der Waals surface area contributed by atoms with Crippen LogP contribution in [0, 0.1) is 5.92 Å². The molecule has 1 aromatic carbocycles. The first-order valence-electron chi connectivity index (χ1n) is 11.1. The van der Waals surface area contributed by atoms with Crippen LogP contribution in [-0.2, 0) is 27.2 Å². The SMILES string of the molecule is C[C@@H](OC(=O)COc1ccc2c3c(c(=O)oc2c1)CCC3)C(=O)N[C@@H]1CCCC[C@@H]1C. The molecule has 7 heteroatoms. The number of rotatable bonds is 6. The fraction of sp³-hybridized carbons (Fsp3) is 0.542. The van der Waals surface area contributed by atoms with Crippen LogP contribution in [0.4, 0.5) is 0 Å². The Morgan fingerprint density at radius 2 is 1.94 bits per heavy atom. The summed E-state index contributed by atoms with van der Waals surface area (Å²) in [7, 11) is 0. The molecule has 0 saturated heterocycles. The molecular weight excluding hydrogens is 398 g/mol. The lowest BCUT2D eigenvalue weighted by molar-refractivity contribution is -0.157. The number of carbonyl (C=O) groups is 2. The summed E-state index contributed by atoms with van der Waals surface area (Å²) < 4.78 is 16.2. The first-order valence-corrected chi connectivity index (χ1v) is 11.1. The number of amides is 1. The van der Waals surface area contributed by atoms with Gasteiger partial charge in [0.15, 0.2) is 12.7 Å². The van der Waals surface area contributed by atoms with E-state index in [2.05, 4.69) is 12.2 Å². The van der Waals surface area contributed by atoms with Gasteiger partial charge in [0.2, 0.25) is 0 Å². The van der Waals surface area contributed by atoms with Crippen LogP contribution in [0.5, 0.6) is 5.75 Å². The molecule has 1 saturated carbocycles. The van der Waals surface area contributed by atoms with Crippen LogP contribution in [0.15, 0.2) is 27.4 Å². The molecule has 0 spiro atoms. The first kappa shape index (κ1) is 21.4. The molecule has 2 aliphatic carbocycles. The van der Waals surface area contributed by atoms with Gasteiger partial charge >= 0.3 is 11.6 Å². The van der Waals surface area contributed by atoms with E-state index in [9.17, 15) is 14.4 Å². The maximum atomic E-state index is 12.4. The predicted octanol–water partition coefficient (Wildman–Crippen LogP) is 3.29. The van der Waals surface area contributed by atoms with E-state index in [4.69, 9.17) is 13.9 Å². The Bertz CT molecular complexity index is 1040. The summed E-state index contributed by atoms with van der Waals surface area (Å²) in [6.07, 6.45) is 6.03. The number of carbonyl (C=O) groups excluding carboxylic acids is 2. The average Bonchev–Trinajstić information content (AvgIpc) is 3.24. The van der Waals surface area contributed by atoms with Crippen LogP contribution in [0.3, 0.4) is 0 Å². The van der Waals surface area contributed by atoms with Gasteiger partial charge < -0.3 is 19.2 Å². The molecular formula is C24H29NO6. The van der Waals surface area contributed by atoms with Gasteiger partial charge in [0.25, 0.3) is 5.91 Å². The van der Waals surface area contributed by atoms with Crippen molar-refractivity contribution in [3.63, 3.8) is 0 Å². The summed E-state index contributed by atoms with van der Waals surface area (Å²) in [6.45, 7) is 3.36. The van der Waals surface area contributed by atoms with Gasteiger partial charge in [-0.3, -0.25) is 4.79 Å². The third kappa shape index (κ3) is 4.75. The molecule has 0 unspecified atom stereocenters. The number of aryl methyl sites for hydroxylation is 1. The van der Waals surface area contributed by atoms with Crippen molar-refractivity contribution in [3.05, 3.63) is 39.7 Å². The standard InChI is InChI=1S/C24H29NO6/c1-14-6-3-4-9-20(14)25-23(27)15(2)30-22(26)13-29-16-10-11-18-17-7-5-8-19(17)24(28)31-21(18)12-16/h10-12,14-15,20H,3-9,13H2,1-2H3,(H,25,27)/t14-,15+,20+/m0/s1. The molecule has 1 N–H and O–H groups in total. The van der Waals surface area contributed by atoms with Gasteiger partial charge in [-0.1, -0.05) is 19.8 Å². The highest BCUT2D eigenvalue weighted by molar-refractivity contribution is 5.84. The Kier molecular flexibility index (Phi) is 6.30. The van der Waals surface area contributed by atoms with Crippen molar-refractivity contribution in [1.29, 1.82) is 0 Å². The number of nitrogens with one attached hydrogen (secondary N) is 1. The molecule has 3 atom stereocenters. The molecule has 31 heavy (non-hydrogen) atoms. The monoisotopic (exact) mass is 427 g/mol. The quantitative estimate of drug-likeness (QED) is 0.562. The largest absolute Gasteiger partial charge is 0.482 e. The third-order valence-corrected chi connectivity index (χ3v) is 6.42. The minimum absolute atomic E-state index is 0.132. The Labute approximate surface area is 181 Å². The van der Waals surface area contributed by atoms with Crippen LogP contribution in [0.1, 0.15) is 57.1 Å². The smallest absolute Gasteiger partial charge is 0.344 e. The topological polar surface area (TPSA) is 94.8 Å². The zero-order valence-corrected chi connectivity index (χ0v) is 18.1. The van der Waals surface area contributed by atoms with E-state index in [0.29, 0.717) is 17.3 Å². The molecule has 4 rings (SSSR count). The van der Waals surface area contributed by atoms with Crippen molar-refractivity contribution in [1.82, 2.24) is 5.32 Å². The van der Waals surface area contributed by atoms with E-state index in [-0.39, 0.29) is 24.2 Å². The molecule has 0 bridgehead atoms. The Hall–Kier alpha value is -2.83. The van der Waals surface area contributed by atoms with E-state index < -0.39 is 12.1 Å². The van der Waals surface area contributed by atoms with Crippen LogP contribution in [0.2, 0.25) is 0 Å². The first-order chi connectivity index (χ1) is 14.9. The van der Waals surface area contributed by atoms with Crippen molar-refractivity contribution in [2.24, 2.45) is 5.92 Å². The number of ether oxygens (including phenoxy) is 2. The highest BCUT2D eigenvalue weighted by atomic mass is 16.6. The zero-order valence-electron chi connectivity index (χ0n) is 18.1. The van der Waals surface area contributed by atoms with E-state index in [1.54, 1.807) is 19.1 Å². The molecule has 2 aromatic rings.